The van der Waals surface area contributed by atoms with Gasteiger partial charge in [-0.05, 0) is 79.5 Å². The summed E-state index contributed by atoms with van der Waals surface area (Å²) in [5.41, 5.74) is 4.82. The topological polar surface area (TPSA) is 40.5 Å². The number of fused-ring (bicyclic) bond motifs is 5. The second-order valence-electron chi connectivity index (χ2n) is 11.7. The van der Waals surface area contributed by atoms with Crippen LogP contribution in [0.4, 0.5) is 0 Å². The lowest BCUT2D eigenvalue weighted by Gasteiger charge is -2.53. The lowest BCUT2D eigenvalue weighted by Crippen LogP contribution is -2.50. The Morgan fingerprint density at radius 3 is 2.34 bits per heavy atom. The van der Waals surface area contributed by atoms with Crippen LogP contribution in [0.25, 0.3) is 0 Å². The summed E-state index contributed by atoms with van der Waals surface area (Å²) >= 11 is 0. The third-order valence-corrected chi connectivity index (χ3v) is 15.2. The Morgan fingerprint density at radius 1 is 1.00 bits per heavy atom. The third kappa shape index (κ3) is 4.02. The number of aromatic hydroxyl groups is 1. The van der Waals surface area contributed by atoms with Crippen LogP contribution in [0.2, 0.25) is 18.1 Å². The molecule has 32 heavy (non-hydrogen) atoms. The van der Waals surface area contributed by atoms with Gasteiger partial charge in [-0.3, -0.25) is 0 Å². The van der Waals surface area contributed by atoms with Crippen molar-refractivity contribution < 1.29 is 10.2 Å². The second-order valence-corrected chi connectivity index (χ2v) is 16.2. The predicted molar refractivity (Wildman–Crippen MR) is 138 cm³/mol. The summed E-state index contributed by atoms with van der Waals surface area (Å²) < 4.78 is 0. The van der Waals surface area contributed by atoms with E-state index in [9.17, 15) is 10.2 Å². The molecule has 0 amide bonds. The lowest BCUT2D eigenvalue weighted by atomic mass is 9.53. The van der Waals surface area contributed by atoms with Gasteiger partial charge in [0.1, 0.15) is 5.75 Å². The minimum atomic E-state index is -1.45. The molecule has 0 unspecified atom stereocenters. The quantitative estimate of drug-likeness (QED) is 0.394. The third-order valence-electron chi connectivity index (χ3n) is 9.88. The van der Waals surface area contributed by atoms with Crippen LogP contribution in [0, 0.1) is 17.3 Å². The normalized spacial score (nSPS) is 34.3. The molecular formula is C29H46O2Si. The molecule has 0 heterocycles. The Kier molecular flexibility index (Phi) is 6.99. The van der Waals surface area contributed by atoms with Gasteiger partial charge in [-0.1, -0.05) is 82.9 Å². The Bertz CT molecular complexity index is 815. The molecule has 0 aromatic heterocycles. The zero-order valence-electron chi connectivity index (χ0n) is 21.0. The molecule has 0 bridgehead atoms. The van der Waals surface area contributed by atoms with Crippen molar-refractivity contribution in [2.24, 2.45) is 17.3 Å². The average Bonchev–Trinajstić information content (AvgIpc) is 3.04. The molecule has 5 atom stereocenters. The monoisotopic (exact) mass is 454 g/mol. The van der Waals surface area contributed by atoms with E-state index in [2.05, 4.69) is 45.5 Å². The first-order valence-electron chi connectivity index (χ1n) is 13.6. The Hall–Kier alpha value is -1.06. The van der Waals surface area contributed by atoms with E-state index >= 15 is 0 Å². The van der Waals surface area contributed by atoms with Crippen LogP contribution in [-0.2, 0) is 6.42 Å². The zero-order valence-corrected chi connectivity index (χ0v) is 22.0. The Labute approximate surface area is 197 Å². The van der Waals surface area contributed by atoms with Crippen molar-refractivity contribution in [2.75, 3.05) is 0 Å². The molecule has 2 nitrogen and oxygen atoms in total. The molecule has 0 spiro atoms. The Morgan fingerprint density at radius 2 is 1.69 bits per heavy atom. The zero-order chi connectivity index (χ0) is 23.0. The SMILES string of the molecule is CCC[Si](/C=C/[C@]1(O)CC[C@H]2[C@@H]3CCc4cc(O)ccc4[C@H]3CC[C@@]21C)(CCC)CCC. The number of aryl methyl sites for hydroxylation is 1. The van der Waals surface area contributed by atoms with Gasteiger partial charge in [-0.25, -0.2) is 0 Å². The molecule has 2 fully saturated rings. The van der Waals surface area contributed by atoms with Gasteiger partial charge in [-0.15, -0.1) is 0 Å². The standard InChI is InChI=1S/C29H46O2Si/c1-5-17-32(18-6-2,19-7-3)20-16-29(31)15-13-27-26-10-8-22-21-23(30)9-11-24(22)25(26)12-14-28(27,29)4/h9,11,16,20-21,25-27,30-31H,5-8,10,12-15,17-19H2,1-4H3/b20-16+/t25-,26-,27+,28+,29-/m1/s1. The van der Waals surface area contributed by atoms with Crippen LogP contribution in [0.5, 0.6) is 5.75 Å². The maximum atomic E-state index is 12.1. The van der Waals surface area contributed by atoms with Crippen molar-refractivity contribution in [3.63, 3.8) is 0 Å². The minimum absolute atomic E-state index is 0.00384. The maximum absolute atomic E-state index is 12.1. The molecule has 2 N–H and O–H groups in total. The Balaban J connectivity index is 1.60. The van der Waals surface area contributed by atoms with E-state index in [1.807, 2.05) is 12.1 Å². The fourth-order valence-electron chi connectivity index (χ4n) is 8.33. The van der Waals surface area contributed by atoms with E-state index < -0.39 is 13.7 Å². The lowest BCUT2D eigenvalue weighted by molar-refractivity contribution is -0.0709. The van der Waals surface area contributed by atoms with Gasteiger partial charge in [0.2, 0.25) is 0 Å². The minimum Gasteiger partial charge on any atom is -0.508 e. The van der Waals surface area contributed by atoms with E-state index in [0.29, 0.717) is 23.5 Å². The molecule has 0 saturated heterocycles. The van der Waals surface area contributed by atoms with E-state index in [0.717, 1.165) is 25.7 Å². The van der Waals surface area contributed by atoms with Crippen LogP contribution in [0.15, 0.2) is 30.0 Å². The molecule has 3 heteroatoms. The average molecular weight is 455 g/mol. The van der Waals surface area contributed by atoms with Gasteiger partial charge in [-0.2, -0.15) is 0 Å². The number of aliphatic hydroxyl groups is 1. The van der Waals surface area contributed by atoms with Crippen molar-refractivity contribution in [3.8, 4) is 5.75 Å². The molecule has 1 aromatic rings. The summed E-state index contributed by atoms with van der Waals surface area (Å²) in [5, 5.41) is 22.1. The van der Waals surface area contributed by atoms with Crippen molar-refractivity contribution in [3.05, 3.63) is 41.1 Å². The summed E-state index contributed by atoms with van der Waals surface area (Å²) in [7, 11) is -1.45. The molecule has 2 saturated carbocycles. The van der Waals surface area contributed by atoms with Gasteiger partial charge < -0.3 is 10.2 Å². The van der Waals surface area contributed by atoms with Gasteiger partial charge in [0.25, 0.3) is 0 Å². The summed E-state index contributed by atoms with van der Waals surface area (Å²) in [6.07, 6.45) is 12.8. The van der Waals surface area contributed by atoms with Gasteiger partial charge in [0.05, 0.1) is 13.7 Å². The number of rotatable bonds is 8. The fourth-order valence-corrected chi connectivity index (χ4v) is 13.2. The van der Waals surface area contributed by atoms with Gasteiger partial charge >= 0.3 is 0 Å². The van der Waals surface area contributed by atoms with E-state index in [-0.39, 0.29) is 5.41 Å². The molecule has 0 aliphatic heterocycles. The summed E-state index contributed by atoms with van der Waals surface area (Å²) in [5.74, 6) is 2.30. The van der Waals surface area contributed by atoms with Crippen LogP contribution in [0.3, 0.4) is 0 Å². The largest absolute Gasteiger partial charge is 0.508 e. The first-order valence-corrected chi connectivity index (χ1v) is 16.3. The molecule has 1 aromatic carbocycles. The van der Waals surface area contributed by atoms with Crippen molar-refractivity contribution >= 4 is 8.07 Å². The smallest absolute Gasteiger partial charge is 0.115 e. The van der Waals surface area contributed by atoms with Crippen molar-refractivity contribution in [2.45, 2.75) is 115 Å². The number of benzene rings is 1. The molecular weight excluding hydrogens is 408 g/mol. The number of hydrogen-bond acceptors (Lipinski definition) is 2. The van der Waals surface area contributed by atoms with E-state index in [1.165, 1.54) is 61.4 Å². The molecule has 3 aliphatic rings. The second kappa shape index (κ2) is 9.29. The maximum Gasteiger partial charge on any atom is 0.115 e. The molecule has 4 rings (SSSR count). The highest BCUT2D eigenvalue weighted by Crippen LogP contribution is 2.64. The van der Waals surface area contributed by atoms with Crippen LogP contribution in [-0.4, -0.2) is 23.9 Å². The van der Waals surface area contributed by atoms with Gasteiger partial charge in [0, 0.05) is 5.41 Å². The first-order chi connectivity index (χ1) is 15.3. The number of phenolic OH excluding ortho intramolecular Hbond substituents is 1. The van der Waals surface area contributed by atoms with Crippen molar-refractivity contribution in [1.29, 1.82) is 0 Å². The van der Waals surface area contributed by atoms with Crippen LogP contribution < -0.4 is 0 Å². The number of phenols is 1. The summed E-state index contributed by atoms with van der Waals surface area (Å²) in [4.78, 5) is 0. The fraction of sp³-hybridized carbons (Fsp3) is 0.724. The van der Waals surface area contributed by atoms with E-state index in [1.54, 1.807) is 0 Å². The summed E-state index contributed by atoms with van der Waals surface area (Å²) in [6, 6.07) is 10.2. The molecule has 3 aliphatic carbocycles. The molecule has 178 valence electrons. The van der Waals surface area contributed by atoms with E-state index in [4.69, 9.17) is 0 Å². The molecule has 0 radical (unpaired) electrons. The summed E-state index contributed by atoms with van der Waals surface area (Å²) in [6.45, 7) is 9.43. The number of hydrogen-bond donors (Lipinski definition) is 2. The van der Waals surface area contributed by atoms with Crippen LogP contribution in [0.1, 0.15) is 96.1 Å². The highest BCUT2D eigenvalue weighted by atomic mass is 28.3. The highest BCUT2D eigenvalue weighted by molar-refractivity contribution is 6.84. The van der Waals surface area contributed by atoms with Crippen LogP contribution >= 0.6 is 0 Å². The first kappa shape index (κ1) is 24.1. The predicted octanol–water partition coefficient (Wildman–Crippen LogP) is 7.75. The van der Waals surface area contributed by atoms with Gasteiger partial charge in [0.15, 0.2) is 0 Å². The highest BCUT2D eigenvalue weighted by Gasteiger charge is 2.60. The van der Waals surface area contributed by atoms with Crippen molar-refractivity contribution in [1.82, 2.24) is 0 Å².